The van der Waals surface area contributed by atoms with Crippen LogP contribution in [0.25, 0.3) is 16.7 Å². The third-order valence-electron chi connectivity index (χ3n) is 8.41. The average Bonchev–Trinajstić information content (AvgIpc) is 3.59. The molecule has 2 atom stereocenters. The molecule has 6 nitrogen and oxygen atoms in total. The van der Waals surface area contributed by atoms with Gasteiger partial charge in [0.25, 0.3) is 5.56 Å². The van der Waals surface area contributed by atoms with Gasteiger partial charge >= 0.3 is 0 Å². The lowest BCUT2D eigenvalue weighted by molar-refractivity contribution is 0.0970. The molecule has 1 aromatic heterocycles. The van der Waals surface area contributed by atoms with E-state index in [1.807, 2.05) is 18.2 Å². The molecule has 1 fully saturated rings. The zero-order valence-electron chi connectivity index (χ0n) is 24.1. The first-order valence-electron chi connectivity index (χ1n) is 14.7. The summed E-state index contributed by atoms with van der Waals surface area (Å²) in [4.78, 5) is 25.6. The summed E-state index contributed by atoms with van der Waals surface area (Å²) in [6.45, 7) is 2.93. The van der Waals surface area contributed by atoms with Crippen LogP contribution in [-0.4, -0.2) is 36.2 Å². The molecule has 0 radical (unpaired) electrons. The fourth-order valence-corrected chi connectivity index (χ4v) is 7.46. The summed E-state index contributed by atoms with van der Waals surface area (Å²) in [5, 5.41) is 0. The molecule has 1 aliphatic heterocycles. The van der Waals surface area contributed by atoms with E-state index in [1.165, 1.54) is 43.9 Å². The highest BCUT2D eigenvalue weighted by atomic mass is 32.2. The SMILES string of the molecule is CC1C=C(c2ccc(C(=O)Cn3cc(S(=O)(=O)N4CCCC4)ccc3=O)cc2)C=CC1c1ccc(-c2ccccc2)cc1. The quantitative estimate of drug-likeness (QED) is 0.218. The van der Waals surface area contributed by atoms with Crippen molar-refractivity contribution < 1.29 is 13.2 Å². The monoisotopic (exact) mass is 590 g/mol. The van der Waals surface area contributed by atoms with Gasteiger partial charge in [0.15, 0.2) is 5.78 Å². The first kappa shape index (κ1) is 28.8. The van der Waals surface area contributed by atoms with E-state index in [2.05, 4.69) is 73.7 Å². The molecule has 43 heavy (non-hydrogen) atoms. The predicted molar refractivity (Wildman–Crippen MR) is 170 cm³/mol. The summed E-state index contributed by atoms with van der Waals surface area (Å²) in [6, 6.07) is 29.0. The second-order valence-corrected chi connectivity index (χ2v) is 13.2. The number of pyridine rings is 1. The molecule has 6 rings (SSSR count). The van der Waals surface area contributed by atoms with Crippen molar-refractivity contribution >= 4 is 21.4 Å². The molecule has 2 unspecified atom stereocenters. The number of ketones is 1. The van der Waals surface area contributed by atoms with E-state index in [0.29, 0.717) is 24.6 Å². The van der Waals surface area contributed by atoms with Gasteiger partial charge in [-0.15, -0.1) is 0 Å². The van der Waals surface area contributed by atoms with Crippen molar-refractivity contribution in [3.63, 3.8) is 0 Å². The molecule has 1 aliphatic carbocycles. The van der Waals surface area contributed by atoms with Crippen LogP contribution in [0.1, 0.15) is 47.2 Å². The lowest BCUT2D eigenvalue weighted by atomic mass is 9.80. The third-order valence-corrected chi connectivity index (χ3v) is 10.3. The predicted octanol–water partition coefficient (Wildman–Crippen LogP) is 6.56. The van der Waals surface area contributed by atoms with Crippen LogP contribution in [0.3, 0.4) is 0 Å². The zero-order valence-corrected chi connectivity index (χ0v) is 24.9. The Balaban J connectivity index is 1.13. The van der Waals surface area contributed by atoms with Gasteiger partial charge < -0.3 is 4.57 Å². The maximum atomic E-state index is 13.1. The Morgan fingerprint density at radius 3 is 2.14 bits per heavy atom. The summed E-state index contributed by atoms with van der Waals surface area (Å²) < 4.78 is 28.5. The number of aromatic nitrogens is 1. The van der Waals surface area contributed by atoms with Gasteiger partial charge in [0.1, 0.15) is 0 Å². The Kier molecular flexibility index (Phi) is 8.10. The van der Waals surface area contributed by atoms with E-state index in [4.69, 9.17) is 0 Å². The van der Waals surface area contributed by atoms with Crippen LogP contribution in [0.5, 0.6) is 0 Å². The number of sulfonamides is 1. The van der Waals surface area contributed by atoms with Crippen molar-refractivity contribution in [3.8, 4) is 11.1 Å². The number of carbonyl (C=O) groups is 1. The minimum Gasteiger partial charge on any atom is -0.306 e. The Morgan fingerprint density at radius 1 is 0.814 bits per heavy atom. The molecule has 0 spiro atoms. The molecular weight excluding hydrogens is 556 g/mol. The van der Waals surface area contributed by atoms with Gasteiger partial charge in [0, 0.05) is 36.8 Å². The molecule has 1 saturated heterocycles. The van der Waals surface area contributed by atoms with Gasteiger partial charge in [-0.05, 0) is 52.7 Å². The van der Waals surface area contributed by atoms with Crippen LogP contribution in [0.4, 0.5) is 0 Å². The van der Waals surface area contributed by atoms with E-state index in [-0.39, 0.29) is 23.1 Å². The minimum atomic E-state index is -3.69. The largest absolute Gasteiger partial charge is 0.306 e. The van der Waals surface area contributed by atoms with Crippen LogP contribution in [0.2, 0.25) is 0 Å². The summed E-state index contributed by atoms with van der Waals surface area (Å²) in [7, 11) is -3.69. The highest BCUT2D eigenvalue weighted by Crippen LogP contribution is 2.35. The first-order chi connectivity index (χ1) is 20.8. The van der Waals surface area contributed by atoms with Gasteiger partial charge in [-0.1, -0.05) is 104 Å². The van der Waals surface area contributed by atoms with Crippen molar-refractivity contribution in [2.45, 2.75) is 37.1 Å². The number of rotatable bonds is 8. The molecule has 0 N–H and O–H groups in total. The van der Waals surface area contributed by atoms with Crippen LogP contribution in [0, 0.1) is 5.92 Å². The normalized spacial score (nSPS) is 18.9. The first-order valence-corrected chi connectivity index (χ1v) is 16.1. The molecule has 4 aromatic rings. The van der Waals surface area contributed by atoms with E-state index < -0.39 is 15.6 Å². The molecule has 2 heterocycles. The number of carbonyl (C=O) groups excluding carboxylic acids is 1. The van der Waals surface area contributed by atoms with Gasteiger partial charge in [0.05, 0.1) is 11.4 Å². The van der Waals surface area contributed by atoms with Crippen molar-refractivity contribution in [3.05, 3.63) is 142 Å². The van der Waals surface area contributed by atoms with E-state index in [1.54, 1.807) is 12.1 Å². The van der Waals surface area contributed by atoms with Crippen molar-refractivity contribution in [1.82, 2.24) is 8.87 Å². The second kappa shape index (κ2) is 12.1. The average molecular weight is 591 g/mol. The van der Waals surface area contributed by atoms with Crippen molar-refractivity contribution in [2.24, 2.45) is 5.92 Å². The Bertz CT molecular complexity index is 1850. The molecule has 0 saturated carbocycles. The molecule has 7 heteroatoms. The van der Waals surface area contributed by atoms with Gasteiger partial charge in [0.2, 0.25) is 10.0 Å². The lowest BCUT2D eigenvalue weighted by Gasteiger charge is -2.24. The number of allylic oxidation sites excluding steroid dienone is 4. The highest BCUT2D eigenvalue weighted by molar-refractivity contribution is 7.89. The zero-order chi connectivity index (χ0) is 30.0. The van der Waals surface area contributed by atoms with Crippen molar-refractivity contribution in [2.75, 3.05) is 13.1 Å². The number of hydrogen-bond donors (Lipinski definition) is 0. The number of benzene rings is 3. The van der Waals surface area contributed by atoms with Crippen LogP contribution >= 0.6 is 0 Å². The molecule has 3 aromatic carbocycles. The van der Waals surface area contributed by atoms with Crippen LogP contribution in [0.15, 0.2) is 125 Å². The van der Waals surface area contributed by atoms with Gasteiger partial charge in [-0.3, -0.25) is 9.59 Å². The Labute approximate surface area is 252 Å². The maximum Gasteiger partial charge on any atom is 0.251 e. The Morgan fingerprint density at radius 2 is 1.47 bits per heavy atom. The number of hydrogen-bond acceptors (Lipinski definition) is 4. The summed E-state index contributed by atoms with van der Waals surface area (Å²) >= 11 is 0. The lowest BCUT2D eigenvalue weighted by Crippen LogP contribution is -2.30. The maximum absolute atomic E-state index is 13.1. The number of Topliss-reactive ketones (excluding diaryl/α,β-unsaturated/α-hetero) is 1. The van der Waals surface area contributed by atoms with E-state index in [9.17, 15) is 18.0 Å². The standard InChI is InChI=1S/C36H34N2O4S/c1-26-23-32(17-19-34(26)30-13-9-28(10-14-30)27-7-3-2-4-8-27)29-11-15-31(16-12-29)35(39)25-37-24-33(18-20-36(37)40)43(41,42)38-21-5-6-22-38/h2-4,7-20,23-24,26,34H,5-6,21-22,25H2,1H3. The fraction of sp³-hybridized carbons (Fsp3) is 0.222. The molecule has 0 amide bonds. The van der Waals surface area contributed by atoms with Crippen molar-refractivity contribution in [1.29, 1.82) is 0 Å². The Hall–Kier alpha value is -4.33. The third kappa shape index (κ3) is 6.10. The molecule has 2 aliphatic rings. The molecule has 218 valence electrons. The summed E-state index contributed by atoms with van der Waals surface area (Å²) in [5.74, 6) is 0.308. The van der Waals surface area contributed by atoms with Gasteiger partial charge in [-0.2, -0.15) is 4.31 Å². The fourth-order valence-electron chi connectivity index (χ4n) is 5.92. The van der Waals surface area contributed by atoms with Crippen LogP contribution < -0.4 is 5.56 Å². The number of nitrogens with zero attached hydrogens (tertiary/aromatic N) is 2. The molecular formula is C36H34N2O4S. The molecule has 0 bridgehead atoms. The van der Waals surface area contributed by atoms with E-state index in [0.717, 1.165) is 24.0 Å². The second-order valence-electron chi connectivity index (χ2n) is 11.3. The summed E-state index contributed by atoms with van der Waals surface area (Å²) in [5.41, 5.74) is 5.83. The minimum absolute atomic E-state index is 0.0349. The smallest absolute Gasteiger partial charge is 0.251 e. The summed E-state index contributed by atoms with van der Waals surface area (Å²) in [6.07, 6.45) is 9.57. The van der Waals surface area contributed by atoms with Crippen LogP contribution in [-0.2, 0) is 16.6 Å². The topological polar surface area (TPSA) is 76.5 Å². The highest BCUT2D eigenvalue weighted by Gasteiger charge is 2.28. The van der Waals surface area contributed by atoms with E-state index >= 15 is 0 Å². The van der Waals surface area contributed by atoms with Gasteiger partial charge in [-0.25, -0.2) is 8.42 Å².